The maximum absolute atomic E-state index is 13.5. The summed E-state index contributed by atoms with van der Waals surface area (Å²) >= 11 is 0. The highest BCUT2D eigenvalue weighted by molar-refractivity contribution is 5.83. The highest BCUT2D eigenvalue weighted by atomic mass is 19.3. The molecule has 0 radical (unpaired) electrons. The highest BCUT2D eigenvalue weighted by Crippen LogP contribution is 2.25. The van der Waals surface area contributed by atoms with Crippen molar-refractivity contribution in [3.05, 3.63) is 48.0 Å². The van der Waals surface area contributed by atoms with Gasteiger partial charge in [-0.05, 0) is 12.0 Å². The lowest BCUT2D eigenvalue weighted by molar-refractivity contribution is -0.157. The van der Waals surface area contributed by atoms with Gasteiger partial charge in [-0.2, -0.15) is 8.78 Å². The smallest absolute Gasteiger partial charge is 0.328 e. The highest BCUT2D eigenvalue weighted by Gasteiger charge is 2.41. The Morgan fingerprint density at radius 2 is 1.89 bits per heavy atom. The van der Waals surface area contributed by atoms with E-state index in [1.807, 2.05) is 30.3 Å². The van der Waals surface area contributed by atoms with Gasteiger partial charge in [0.15, 0.2) is 0 Å². The summed E-state index contributed by atoms with van der Waals surface area (Å²) < 4.78 is 27.1. The van der Waals surface area contributed by atoms with E-state index < -0.39 is 18.3 Å². The summed E-state index contributed by atoms with van der Waals surface area (Å²) in [5.74, 6) is -4.36. The van der Waals surface area contributed by atoms with Crippen LogP contribution >= 0.6 is 0 Å². The second-order valence-electron chi connectivity index (χ2n) is 4.38. The van der Waals surface area contributed by atoms with Crippen LogP contribution in [0, 0.1) is 0 Å². The average Bonchev–Trinajstić information content (AvgIpc) is 2.36. The minimum absolute atomic E-state index is 0.239. The first kappa shape index (κ1) is 12.7. The molecule has 1 aromatic rings. The number of rotatable bonds is 2. The molecule has 96 valence electrons. The molecule has 0 fully saturated rings. The van der Waals surface area contributed by atoms with Gasteiger partial charge in [0.1, 0.15) is 0 Å². The largest absolute Gasteiger partial charge is 0.333 e. The Kier molecular flexibility index (Phi) is 3.75. The molecule has 2 nitrogen and oxygen atoms in total. The van der Waals surface area contributed by atoms with Gasteiger partial charge in [0.25, 0.3) is 5.91 Å². The maximum atomic E-state index is 13.5. The number of carbonyl (C=O) groups excluding carboxylic acids is 1. The molecule has 0 unspecified atom stereocenters. The van der Waals surface area contributed by atoms with Crippen molar-refractivity contribution in [2.75, 3.05) is 6.54 Å². The van der Waals surface area contributed by atoms with E-state index in [1.54, 1.807) is 6.08 Å². The molecule has 0 aliphatic carbocycles. The maximum Gasteiger partial charge on any atom is 0.328 e. The Balaban J connectivity index is 2.15. The molecule has 2 rings (SSSR count). The van der Waals surface area contributed by atoms with Crippen LogP contribution in [0.25, 0.3) is 0 Å². The van der Waals surface area contributed by atoms with Gasteiger partial charge >= 0.3 is 5.92 Å². The lowest BCUT2D eigenvalue weighted by atomic mass is 10.1. The topological polar surface area (TPSA) is 20.3 Å². The second kappa shape index (κ2) is 5.29. The van der Waals surface area contributed by atoms with E-state index in [0.717, 1.165) is 5.56 Å². The van der Waals surface area contributed by atoms with Gasteiger partial charge in [-0.15, -0.1) is 0 Å². The molecule has 1 heterocycles. The lowest BCUT2D eigenvalue weighted by Gasteiger charge is -2.27. The van der Waals surface area contributed by atoms with Crippen LogP contribution in [-0.2, 0) is 11.3 Å². The van der Waals surface area contributed by atoms with Crippen molar-refractivity contribution in [1.82, 2.24) is 4.90 Å². The van der Waals surface area contributed by atoms with Crippen molar-refractivity contribution in [3.8, 4) is 0 Å². The van der Waals surface area contributed by atoms with Crippen molar-refractivity contribution in [3.63, 3.8) is 0 Å². The number of hydrogen-bond acceptors (Lipinski definition) is 1. The average molecular weight is 251 g/mol. The number of amides is 1. The van der Waals surface area contributed by atoms with E-state index in [2.05, 4.69) is 0 Å². The number of nitrogens with zero attached hydrogens (tertiary/aromatic N) is 1. The van der Waals surface area contributed by atoms with Crippen LogP contribution in [0.5, 0.6) is 0 Å². The summed E-state index contributed by atoms with van der Waals surface area (Å²) in [5.41, 5.74) is 0.867. The molecule has 1 aliphatic heterocycles. The van der Waals surface area contributed by atoms with Gasteiger partial charge in [0, 0.05) is 19.5 Å². The molecule has 1 aliphatic rings. The Bertz CT molecular complexity index is 442. The first-order valence-electron chi connectivity index (χ1n) is 5.96. The zero-order chi connectivity index (χ0) is 13.0. The standard InChI is InChI=1S/C14H15F2NO/c15-14(16)9-5-2-6-10-17(13(14)18)11-12-7-3-1-4-8-12/h1-5,7-8H,6,9-11H2/b5-2-. The predicted molar refractivity (Wildman–Crippen MR) is 65.2 cm³/mol. The van der Waals surface area contributed by atoms with Crippen LogP contribution in [0.1, 0.15) is 18.4 Å². The summed E-state index contributed by atoms with van der Waals surface area (Å²) in [6, 6.07) is 9.19. The van der Waals surface area contributed by atoms with Crippen LogP contribution in [0.2, 0.25) is 0 Å². The van der Waals surface area contributed by atoms with E-state index in [0.29, 0.717) is 13.0 Å². The van der Waals surface area contributed by atoms with Crippen LogP contribution in [0.4, 0.5) is 8.78 Å². The van der Waals surface area contributed by atoms with Gasteiger partial charge in [-0.3, -0.25) is 4.79 Å². The Morgan fingerprint density at radius 3 is 2.61 bits per heavy atom. The fraction of sp³-hybridized carbons (Fsp3) is 0.357. The molecule has 0 saturated carbocycles. The summed E-state index contributed by atoms with van der Waals surface area (Å²) in [4.78, 5) is 13.0. The minimum Gasteiger partial charge on any atom is -0.333 e. The molecule has 18 heavy (non-hydrogen) atoms. The molecule has 0 atom stereocenters. The molecule has 0 spiro atoms. The van der Waals surface area contributed by atoms with Crippen LogP contribution in [0.15, 0.2) is 42.5 Å². The third-order valence-corrected chi connectivity index (χ3v) is 2.92. The first-order valence-corrected chi connectivity index (χ1v) is 5.96. The van der Waals surface area contributed by atoms with Crippen molar-refractivity contribution in [1.29, 1.82) is 0 Å². The Hall–Kier alpha value is -1.71. The van der Waals surface area contributed by atoms with Crippen molar-refractivity contribution < 1.29 is 13.6 Å². The van der Waals surface area contributed by atoms with Crippen LogP contribution in [0.3, 0.4) is 0 Å². The molecule has 0 N–H and O–H groups in total. The molecule has 1 aromatic carbocycles. The Labute approximate surface area is 105 Å². The molecular weight excluding hydrogens is 236 g/mol. The fourth-order valence-corrected chi connectivity index (χ4v) is 1.95. The SMILES string of the molecule is O=C1N(Cc2ccccc2)CC/C=C\CC1(F)F. The van der Waals surface area contributed by atoms with Gasteiger partial charge < -0.3 is 4.90 Å². The summed E-state index contributed by atoms with van der Waals surface area (Å²) in [6.07, 6.45) is 3.21. The minimum atomic E-state index is -3.29. The number of allylic oxidation sites excluding steroid dienone is 1. The monoisotopic (exact) mass is 251 g/mol. The van der Waals surface area contributed by atoms with E-state index in [-0.39, 0.29) is 6.54 Å². The first-order chi connectivity index (χ1) is 8.59. The third-order valence-electron chi connectivity index (χ3n) is 2.92. The molecule has 0 saturated heterocycles. The van der Waals surface area contributed by atoms with E-state index in [4.69, 9.17) is 0 Å². The molecular formula is C14H15F2NO. The van der Waals surface area contributed by atoms with Crippen molar-refractivity contribution in [2.24, 2.45) is 0 Å². The summed E-state index contributed by atoms with van der Waals surface area (Å²) in [5, 5.41) is 0. The number of hydrogen-bond donors (Lipinski definition) is 0. The molecule has 0 aromatic heterocycles. The van der Waals surface area contributed by atoms with Crippen molar-refractivity contribution >= 4 is 5.91 Å². The third kappa shape index (κ3) is 2.94. The zero-order valence-corrected chi connectivity index (χ0v) is 9.98. The van der Waals surface area contributed by atoms with Gasteiger partial charge in [0.2, 0.25) is 0 Å². The normalized spacial score (nSPS) is 21.2. The van der Waals surface area contributed by atoms with Crippen molar-refractivity contribution in [2.45, 2.75) is 25.3 Å². The summed E-state index contributed by atoms with van der Waals surface area (Å²) in [7, 11) is 0. The quantitative estimate of drug-likeness (QED) is 0.740. The van der Waals surface area contributed by atoms with Crippen LogP contribution < -0.4 is 0 Å². The number of alkyl halides is 2. The predicted octanol–water partition coefficient (Wildman–Crippen LogP) is 3.00. The Morgan fingerprint density at radius 1 is 1.17 bits per heavy atom. The van der Waals surface area contributed by atoms with Gasteiger partial charge in [0.05, 0.1) is 0 Å². The van der Waals surface area contributed by atoms with E-state index in [1.165, 1.54) is 11.0 Å². The second-order valence-corrected chi connectivity index (χ2v) is 4.38. The number of benzene rings is 1. The van der Waals surface area contributed by atoms with Gasteiger partial charge in [-0.25, -0.2) is 0 Å². The van der Waals surface area contributed by atoms with E-state index >= 15 is 0 Å². The van der Waals surface area contributed by atoms with E-state index in [9.17, 15) is 13.6 Å². The number of carbonyl (C=O) groups is 1. The molecule has 0 bridgehead atoms. The van der Waals surface area contributed by atoms with Crippen LogP contribution in [-0.4, -0.2) is 23.3 Å². The number of halogens is 2. The van der Waals surface area contributed by atoms with Gasteiger partial charge in [-0.1, -0.05) is 42.5 Å². The lowest BCUT2D eigenvalue weighted by Crippen LogP contribution is -2.44. The summed E-state index contributed by atoms with van der Waals surface area (Å²) in [6.45, 7) is 0.572. The molecule has 4 heteroatoms. The molecule has 1 amide bonds. The zero-order valence-electron chi connectivity index (χ0n) is 9.98. The fourth-order valence-electron chi connectivity index (χ4n) is 1.95.